The molecule has 0 saturated carbocycles. The average molecular weight is 214 g/mol. The number of rotatable bonds is 7. The fourth-order valence-electron chi connectivity index (χ4n) is 0.638. The Morgan fingerprint density at radius 3 is 2.67 bits per heavy atom. The third-order valence-corrected chi connectivity index (χ3v) is 1.33. The first kappa shape index (κ1) is 7.84. The molecule has 0 atom stereocenters. The predicted molar refractivity (Wildman–Crippen MR) is 60.0 cm³/mol. The minimum Gasteiger partial charge on any atom is -0.497 e. The summed E-state index contributed by atoms with van der Waals surface area (Å²) in [5.74, 6) is 2.62. The highest BCUT2D eigenvalue weighted by Crippen LogP contribution is 1.99. The Bertz CT molecular complexity index is 389. The minimum atomic E-state index is -2.55. The second kappa shape index (κ2) is 9.17. The van der Waals surface area contributed by atoms with Crippen molar-refractivity contribution in [2.24, 2.45) is 0 Å². The standard InChI is InChI=1S/C12H18O3/c1-4-5-9-14-12(3)7-10-15-11(2)6-8-13/h1,6-7,13H,5,8-10H2,2-3H3/b11-6+,12-7+/i8D2,10D2. The van der Waals surface area contributed by atoms with Gasteiger partial charge in [-0.2, -0.15) is 0 Å². The molecular formula is C12H18O3. The van der Waals surface area contributed by atoms with Crippen LogP contribution in [0.4, 0.5) is 0 Å². The van der Waals surface area contributed by atoms with Crippen LogP contribution in [0.15, 0.2) is 23.7 Å². The Labute approximate surface area is 97.0 Å². The lowest BCUT2D eigenvalue weighted by molar-refractivity contribution is 0.206. The van der Waals surface area contributed by atoms with E-state index in [2.05, 4.69) is 5.92 Å². The molecule has 0 aliphatic heterocycles. The van der Waals surface area contributed by atoms with Crippen molar-refractivity contribution >= 4 is 0 Å². The van der Waals surface area contributed by atoms with Gasteiger partial charge < -0.3 is 14.6 Å². The lowest BCUT2D eigenvalue weighted by Crippen LogP contribution is -1.95. The average Bonchev–Trinajstić information content (AvgIpc) is 2.12. The second-order valence-corrected chi connectivity index (χ2v) is 2.66. The molecule has 0 rings (SSSR count). The SMILES string of the molecule is [2H]C([2H])(O)/C=C(\C)OC([2H])([2H])/C=C(\C)OCCC#C. The number of ether oxygens (including phenoxy) is 2. The van der Waals surface area contributed by atoms with Crippen LogP contribution < -0.4 is 0 Å². The third kappa shape index (κ3) is 8.92. The van der Waals surface area contributed by atoms with Crippen LogP contribution >= 0.6 is 0 Å². The van der Waals surface area contributed by atoms with Crippen molar-refractivity contribution in [3.8, 4) is 12.3 Å². The van der Waals surface area contributed by atoms with Crippen LogP contribution in [0.3, 0.4) is 0 Å². The highest BCUT2D eigenvalue weighted by molar-refractivity contribution is 4.93. The zero-order chi connectivity index (χ0) is 15.1. The molecule has 0 saturated heterocycles. The Morgan fingerprint density at radius 2 is 2.07 bits per heavy atom. The number of terminal acetylenes is 1. The maximum absolute atomic E-state index is 8.91. The van der Waals surface area contributed by atoms with E-state index in [9.17, 15) is 0 Å². The molecule has 0 spiro atoms. The van der Waals surface area contributed by atoms with Crippen molar-refractivity contribution in [2.45, 2.75) is 20.3 Å². The molecule has 0 radical (unpaired) electrons. The molecule has 15 heavy (non-hydrogen) atoms. The lowest BCUT2D eigenvalue weighted by Gasteiger charge is -2.05. The van der Waals surface area contributed by atoms with E-state index >= 15 is 0 Å². The smallest absolute Gasteiger partial charge is 0.109 e. The van der Waals surface area contributed by atoms with Crippen LogP contribution in [0, 0.1) is 12.3 Å². The Balaban J connectivity index is 4.59. The van der Waals surface area contributed by atoms with Crippen molar-refractivity contribution in [1.82, 2.24) is 0 Å². The van der Waals surface area contributed by atoms with Gasteiger partial charge in [0.15, 0.2) is 0 Å². The van der Waals surface area contributed by atoms with E-state index in [-0.39, 0.29) is 12.4 Å². The summed E-state index contributed by atoms with van der Waals surface area (Å²) in [6, 6.07) is 0. The molecule has 0 unspecified atom stereocenters. The van der Waals surface area contributed by atoms with Crippen molar-refractivity contribution in [2.75, 3.05) is 19.7 Å². The van der Waals surface area contributed by atoms with Crippen LogP contribution in [-0.4, -0.2) is 24.8 Å². The highest BCUT2D eigenvalue weighted by atomic mass is 16.5. The van der Waals surface area contributed by atoms with E-state index in [0.717, 1.165) is 12.2 Å². The van der Waals surface area contributed by atoms with E-state index in [4.69, 9.17) is 26.5 Å². The normalized spacial score (nSPS) is 18.0. The van der Waals surface area contributed by atoms with E-state index < -0.39 is 13.1 Å². The first-order valence-electron chi connectivity index (χ1n) is 6.42. The molecule has 0 bridgehead atoms. The Morgan fingerprint density at radius 1 is 1.40 bits per heavy atom. The summed E-state index contributed by atoms with van der Waals surface area (Å²) in [5.41, 5.74) is 0. The molecule has 0 aromatic heterocycles. The maximum Gasteiger partial charge on any atom is 0.109 e. The fraction of sp³-hybridized carbons (Fsp3) is 0.500. The summed E-state index contributed by atoms with van der Waals surface area (Å²) in [7, 11) is 0. The molecular weight excluding hydrogens is 192 g/mol. The first-order valence-corrected chi connectivity index (χ1v) is 4.42. The van der Waals surface area contributed by atoms with Gasteiger partial charge in [0.2, 0.25) is 0 Å². The first-order chi connectivity index (χ1) is 8.56. The number of hydrogen-bond acceptors (Lipinski definition) is 3. The van der Waals surface area contributed by atoms with Crippen molar-refractivity contribution in [3.63, 3.8) is 0 Å². The van der Waals surface area contributed by atoms with Gasteiger partial charge in [-0.1, -0.05) is 0 Å². The molecule has 0 aliphatic carbocycles. The van der Waals surface area contributed by atoms with Crippen LogP contribution in [0.25, 0.3) is 0 Å². The monoisotopic (exact) mass is 214 g/mol. The quantitative estimate of drug-likeness (QED) is 0.399. The molecule has 0 amide bonds. The maximum atomic E-state index is 8.91. The minimum absolute atomic E-state index is 0.0785. The predicted octanol–water partition coefficient (Wildman–Crippen LogP) is 1.84. The number of hydrogen-bond donors (Lipinski definition) is 1. The van der Waals surface area contributed by atoms with Gasteiger partial charge in [-0.3, -0.25) is 0 Å². The van der Waals surface area contributed by atoms with Gasteiger partial charge in [-0.25, -0.2) is 0 Å². The molecule has 0 heterocycles. The molecule has 1 N–H and O–H groups in total. The van der Waals surface area contributed by atoms with Gasteiger partial charge in [-0.05, 0) is 26.0 Å². The summed E-state index contributed by atoms with van der Waals surface area (Å²) in [6.45, 7) is -1.55. The van der Waals surface area contributed by atoms with Gasteiger partial charge in [0.1, 0.15) is 6.56 Å². The summed E-state index contributed by atoms with van der Waals surface area (Å²) in [6.07, 6.45) is 7.34. The van der Waals surface area contributed by atoms with E-state index in [1.54, 1.807) is 6.92 Å². The lowest BCUT2D eigenvalue weighted by atomic mass is 10.4. The zero-order valence-corrected chi connectivity index (χ0v) is 8.91. The summed E-state index contributed by atoms with van der Waals surface area (Å²) < 4.78 is 39.0. The molecule has 3 heteroatoms. The van der Waals surface area contributed by atoms with Crippen LogP contribution in [0.2, 0.25) is 0 Å². The molecule has 0 aliphatic rings. The fourth-order valence-corrected chi connectivity index (χ4v) is 0.638. The van der Waals surface area contributed by atoms with Crippen molar-refractivity contribution in [3.05, 3.63) is 23.7 Å². The summed E-state index contributed by atoms with van der Waals surface area (Å²) >= 11 is 0. The van der Waals surface area contributed by atoms with Gasteiger partial charge >= 0.3 is 0 Å². The molecule has 0 aromatic carbocycles. The third-order valence-electron chi connectivity index (χ3n) is 1.33. The van der Waals surface area contributed by atoms with Gasteiger partial charge in [-0.15, -0.1) is 12.3 Å². The molecule has 84 valence electrons. The number of aliphatic hydroxyl groups is 1. The summed E-state index contributed by atoms with van der Waals surface area (Å²) in [4.78, 5) is 0. The van der Waals surface area contributed by atoms with E-state index in [1.165, 1.54) is 6.92 Å². The highest BCUT2D eigenvalue weighted by Gasteiger charge is 1.90. The van der Waals surface area contributed by atoms with Crippen LogP contribution in [0.5, 0.6) is 0 Å². The van der Waals surface area contributed by atoms with Gasteiger partial charge in [0.25, 0.3) is 0 Å². The van der Waals surface area contributed by atoms with Gasteiger partial charge in [0.05, 0.1) is 30.2 Å². The molecule has 0 aromatic rings. The van der Waals surface area contributed by atoms with E-state index in [0.29, 0.717) is 12.2 Å². The zero-order valence-electron chi connectivity index (χ0n) is 12.9. The van der Waals surface area contributed by atoms with Gasteiger partial charge in [0, 0.05) is 6.42 Å². The van der Waals surface area contributed by atoms with Crippen LogP contribution in [-0.2, 0) is 9.47 Å². The summed E-state index contributed by atoms with van der Waals surface area (Å²) in [5, 5.41) is 8.91. The molecule has 3 nitrogen and oxygen atoms in total. The Kier molecular flexibility index (Phi) is 4.79. The van der Waals surface area contributed by atoms with Crippen LogP contribution in [0.1, 0.15) is 25.8 Å². The number of allylic oxidation sites excluding steroid dienone is 2. The van der Waals surface area contributed by atoms with Crippen molar-refractivity contribution < 1.29 is 20.1 Å². The second-order valence-electron chi connectivity index (χ2n) is 2.66. The molecule has 0 fully saturated rings. The largest absolute Gasteiger partial charge is 0.497 e. The van der Waals surface area contributed by atoms with Crippen molar-refractivity contribution in [1.29, 1.82) is 0 Å². The topological polar surface area (TPSA) is 38.7 Å². The Hall–Kier alpha value is -1.40. The van der Waals surface area contributed by atoms with E-state index in [1.807, 2.05) is 0 Å².